The number of hydrogen-bond acceptors (Lipinski definition) is 4. The molecule has 1 aliphatic rings. The lowest BCUT2D eigenvalue weighted by Gasteiger charge is -2.34. The average molecular weight is 298 g/mol. The minimum Gasteiger partial charge on any atom is -0.392 e. The number of piperidine rings is 1. The van der Waals surface area contributed by atoms with Crippen LogP contribution in [0, 0.1) is 6.92 Å². The van der Waals surface area contributed by atoms with Crippen LogP contribution in [0.2, 0.25) is 5.15 Å². The summed E-state index contributed by atoms with van der Waals surface area (Å²) in [7, 11) is 0. The predicted molar refractivity (Wildman–Crippen MR) is 78.9 cm³/mol. The van der Waals surface area contributed by atoms with Gasteiger partial charge in [0, 0.05) is 6.54 Å². The Labute approximate surface area is 123 Å². The minimum atomic E-state index is -0.335. The number of aliphatic hydroxyl groups excluding tert-OH is 1. The van der Waals surface area contributed by atoms with Crippen LogP contribution < -0.4 is 5.32 Å². The average Bonchev–Trinajstić information content (AvgIpc) is 2.41. The van der Waals surface area contributed by atoms with E-state index in [0.717, 1.165) is 24.9 Å². The third kappa shape index (κ3) is 3.69. The minimum absolute atomic E-state index is 0.0914. The molecule has 20 heavy (non-hydrogen) atoms. The van der Waals surface area contributed by atoms with E-state index in [-0.39, 0.29) is 18.1 Å². The number of carbonyl (C=O) groups excluding carboxylic acids is 1. The summed E-state index contributed by atoms with van der Waals surface area (Å²) in [6, 6.07) is 1.44. The molecular formula is C14H20ClN3O2. The van der Waals surface area contributed by atoms with E-state index in [4.69, 9.17) is 11.6 Å². The Morgan fingerprint density at radius 1 is 1.65 bits per heavy atom. The van der Waals surface area contributed by atoms with Crippen molar-refractivity contribution >= 4 is 23.2 Å². The second kappa shape index (κ2) is 6.52. The molecule has 1 saturated heterocycles. The van der Waals surface area contributed by atoms with Crippen LogP contribution in [0.1, 0.15) is 25.3 Å². The quantitative estimate of drug-likeness (QED) is 0.836. The highest BCUT2D eigenvalue weighted by atomic mass is 35.5. The molecule has 1 amide bonds. The zero-order chi connectivity index (χ0) is 14.7. The highest BCUT2D eigenvalue weighted by molar-refractivity contribution is 6.29. The number of likely N-dealkylation sites (tertiary alicyclic amines) is 1. The number of hydrogen-bond donors (Lipinski definition) is 2. The lowest BCUT2D eigenvalue weighted by molar-refractivity contribution is -0.121. The first-order valence-electron chi connectivity index (χ1n) is 6.82. The first kappa shape index (κ1) is 15.2. The summed E-state index contributed by atoms with van der Waals surface area (Å²) in [5, 5.41) is 13.0. The number of nitrogens with zero attached hydrogens (tertiary/aromatic N) is 2. The van der Waals surface area contributed by atoms with E-state index in [2.05, 4.69) is 10.3 Å². The molecule has 0 radical (unpaired) electrons. The molecular weight excluding hydrogens is 278 g/mol. The Hall–Kier alpha value is -1.17. The number of amides is 1. The van der Waals surface area contributed by atoms with E-state index in [9.17, 15) is 9.90 Å². The zero-order valence-corrected chi connectivity index (χ0v) is 12.5. The van der Waals surface area contributed by atoms with Gasteiger partial charge in [-0.25, -0.2) is 4.98 Å². The Morgan fingerprint density at radius 2 is 2.40 bits per heavy atom. The number of aryl methyl sites for hydroxylation is 1. The molecule has 5 nitrogen and oxygen atoms in total. The molecule has 0 bridgehead atoms. The number of aliphatic hydroxyl groups is 1. The molecule has 2 rings (SSSR count). The summed E-state index contributed by atoms with van der Waals surface area (Å²) in [6.07, 6.45) is 2.96. The smallest absolute Gasteiger partial charge is 0.241 e. The van der Waals surface area contributed by atoms with Crippen molar-refractivity contribution in [2.75, 3.05) is 18.4 Å². The number of aromatic nitrogens is 1. The van der Waals surface area contributed by atoms with Crippen LogP contribution in [0.15, 0.2) is 12.3 Å². The van der Waals surface area contributed by atoms with Gasteiger partial charge in [0.25, 0.3) is 0 Å². The van der Waals surface area contributed by atoms with Crippen LogP contribution in [-0.4, -0.2) is 46.1 Å². The SMILES string of the molecule is Cc1cc(Cl)ncc1NC(=O)C(C)N1CCCC(O)C1. The molecule has 0 aliphatic carbocycles. The van der Waals surface area contributed by atoms with Crippen molar-refractivity contribution in [3.63, 3.8) is 0 Å². The number of pyridine rings is 1. The number of halogens is 1. The second-order valence-corrected chi connectivity index (χ2v) is 5.67. The van der Waals surface area contributed by atoms with Crippen LogP contribution in [0.4, 0.5) is 5.69 Å². The molecule has 0 spiro atoms. The standard InChI is InChI=1S/C14H20ClN3O2/c1-9-6-13(15)16-7-12(9)17-14(20)10(2)18-5-3-4-11(19)8-18/h6-7,10-11,19H,3-5,8H2,1-2H3,(H,17,20). The van der Waals surface area contributed by atoms with Crippen LogP contribution >= 0.6 is 11.6 Å². The fraction of sp³-hybridized carbons (Fsp3) is 0.571. The lowest BCUT2D eigenvalue weighted by atomic mass is 10.1. The molecule has 2 N–H and O–H groups in total. The molecule has 2 atom stereocenters. The van der Waals surface area contributed by atoms with Crippen LogP contribution in [-0.2, 0) is 4.79 Å². The molecule has 6 heteroatoms. The van der Waals surface area contributed by atoms with Gasteiger partial charge >= 0.3 is 0 Å². The Balaban J connectivity index is 2.00. The van der Waals surface area contributed by atoms with Gasteiger partial charge < -0.3 is 10.4 Å². The van der Waals surface area contributed by atoms with Crippen molar-refractivity contribution < 1.29 is 9.90 Å². The molecule has 1 aliphatic heterocycles. The number of carbonyl (C=O) groups is 1. The third-order valence-corrected chi connectivity index (χ3v) is 3.90. The highest BCUT2D eigenvalue weighted by Gasteiger charge is 2.26. The first-order chi connectivity index (χ1) is 9.47. The summed E-state index contributed by atoms with van der Waals surface area (Å²) in [6.45, 7) is 5.11. The van der Waals surface area contributed by atoms with Gasteiger partial charge in [-0.2, -0.15) is 0 Å². The van der Waals surface area contributed by atoms with Crippen LogP contribution in [0.5, 0.6) is 0 Å². The van der Waals surface area contributed by atoms with Gasteiger partial charge in [0.1, 0.15) is 5.15 Å². The van der Waals surface area contributed by atoms with Crippen molar-refractivity contribution in [1.29, 1.82) is 0 Å². The second-order valence-electron chi connectivity index (χ2n) is 5.28. The van der Waals surface area contributed by atoms with Gasteiger partial charge in [-0.15, -0.1) is 0 Å². The topological polar surface area (TPSA) is 65.5 Å². The van der Waals surface area contributed by atoms with Gasteiger partial charge in [-0.3, -0.25) is 9.69 Å². The monoisotopic (exact) mass is 297 g/mol. The van der Waals surface area contributed by atoms with Gasteiger partial charge in [-0.1, -0.05) is 11.6 Å². The van der Waals surface area contributed by atoms with Crippen LogP contribution in [0.3, 0.4) is 0 Å². The van der Waals surface area contributed by atoms with Crippen molar-refractivity contribution in [2.24, 2.45) is 0 Å². The van der Waals surface area contributed by atoms with Crippen LogP contribution in [0.25, 0.3) is 0 Å². The Morgan fingerprint density at radius 3 is 3.05 bits per heavy atom. The fourth-order valence-electron chi connectivity index (χ4n) is 2.39. The Kier molecular flexibility index (Phi) is 4.96. The number of rotatable bonds is 3. The van der Waals surface area contributed by atoms with E-state index in [0.29, 0.717) is 17.4 Å². The molecule has 1 fully saturated rings. The summed E-state index contributed by atoms with van der Waals surface area (Å²) in [4.78, 5) is 18.2. The molecule has 0 saturated carbocycles. The third-order valence-electron chi connectivity index (χ3n) is 3.69. The maximum atomic E-state index is 12.3. The summed E-state index contributed by atoms with van der Waals surface area (Å²) in [5.74, 6) is -0.0914. The molecule has 1 aromatic rings. The van der Waals surface area contributed by atoms with Gasteiger partial charge in [0.2, 0.25) is 5.91 Å². The molecule has 2 unspecified atom stereocenters. The maximum Gasteiger partial charge on any atom is 0.241 e. The zero-order valence-electron chi connectivity index (χ0n) is 11.8. The summed E-state index contributed by atoms with van der Waals surface area (Å²) < 4.78 is 0. The molecule has 1 aromatic heterocycles. The number of anilines is 1. The molecule has 2 heterocycles. The highest BCUT2D eigenvalue weighted by Crippen LogP contribution is 2.18. The largest absolute Gasteiger partial charge is 0.392 e. The Bertz CT molecular complexity index is 495. The lowest BCUT2D eigenvalue weighted by Crippen LogP contribution is -2.48. The van der Waals surface area contributed by atoms with Crippen molar-refractivity contribution in [2.45, 2.75) is 38.8 Å². The number of nitrogens with one attached hydrogen (secondary N) is 1. The van der Waals surface area contributed by atoms with E-state index in [1.54, 1.807) is 12.3 Å². The van der Waals surface area contributed by atoms with Crippen molar-refractivity contribution in [3.8, 4) is 0 Å². The van der Waals surface area contributed by atoms with E-state index in [1.165, 1.54) is 0 Å². The molecule has 110 valence electrons. The van der Waals surface area contributed by atoms with E-state index >= 15 is 0 Å². The molecule has 0 aromatic carbocycles. The fourth-order valence-corrected chi connectivity index (χ4v) is 2.60. The normalized spacial score (nSPS) is 21.5. The first-order valence-corrected chi connectivity index (χ1v) is 7.20. The van der Waals surface area contributed by atoms with E-state index < -0.39 is 0 Å². The number of β-amino-alcohol motifs (C(OH)–C–C–N with tert-alkyl or cyclic N) is 1. The maximum absolute atomic E-state index is 12.3. The van der Waals surface area contributed by atoms with Crippen molar-refractivity contribution in [3.05, 3.63) is 23.0 Å². The predicted octanol–water partition coefficient (Wildman–Crippen LogP) is 1.83. The van der Waals surface area contributed by atoms with Gasteiger partial charge in [0.05, 0.1) is 24.0 Å². The van der Waals surface area contributed by atoms with Gasteiger partial charge in [0.15, 0.2) is 0 Å². The van der Waals surface area contributed by atoms with Crippen molar-refractivity contribution in [1.82, 2.24) is 9.88 Å². The van der Waals surface area contributed by atoms with E-state index in [1.807, 2.05) is 18.7 Å². The summed E-state index contributed by atoms with van der Waals surface area (Å²) >= 11 is 5.79. The van der Waals surface area contributed by atoms with Gasteiger partial charge in [-0.05, 0) is 44.9 Å². The summed E-state index contributed by atoms with van der Waals surface area (Å²) in [5.41, 5.74) is 1.55.